The molecule has 4 nitrogen and oxygen atoms in total. The van der Waals surface area contributed by atoms with Crippen molar-refractivity contribution in [3.63, 3.8) is 0 Å². The molecule has 0 aromatic heterocycles. The molecular formula is CH9N3O. The van der Waals surface area contributed by atoms with E-state index in [-0.39, 0.29) is 0 Å². The summed E-state index contributed by atoms with van der Waals surface area (Å²) in [6.45, 7) is 0. The van der Waals surface area contributed by atoms with E-state index in [0.717, 1.165) is 0 Å². The second-order valence-corrected chi connectivity index (χ2v) is 0.224. The number of hydrogen-bond donors (Lipinski definition) is 4. The third-order valence-electron chi connectivity index (χ3n) is 0. The SMILES string of the molecule is CNO.NN. The van der Waals surface area contributed by atoms with Gasteiger partial charge in [-0.25, -0.2) is 5.48 Å². The van der Waals surface area contributed by atoms with Gasteiger partial charge in [-0.05, 0) is 0 Å². The zero-order valence-corrected chi connectivity index (χ0v) is 3.10. The number of nitrogens with one attached hydrogen (secondary N) is 1. The third kappa shape index (κ3) is 508. The van der Waals surface area contributed by atoms with Crippen molar-refractivity contribution >= 4 is 0 Å². The van der Waals surface area contributed by atoms with Crippen molar-refractivity contribution in [2.45, 2.75) is 0 Å². The lowest BCUT2D eigenvalue weighted by molar-refractivity contribution is 0.194. The Labute approximate surface area is 30.7 Å². The van der Waals surface area contributed by atoms with Crippen LogP contribution >= 0.6 is 0 Å². The monoisotopic (exact) mass is 79.1 g/mol. The molecule has 0 aliphatic carbocycles. The second kappa shape index (κ2) is 43.9. The highest BCUT2D eigenvalue weighted by atomic mass is 16.5. The Morgan fingerprint density at radius 3 is 1.60 bits per heavy atom. The lowest BCUT2D eigenvalue weighted by Crippen LogP contribution is -2.02. The molecule has 6 N–H and O–H groups in total. The molecule has 0 fully saturated rings. The minimum atomic E-state index is 1.43. The topological polar surface area (TPSA) is 84.3 Å². The van der Waals surface area contributed by atoms with Crippen LogP contribution in [0.25, 0.3) is 0 Å². The lowest BCUT2D eigenvalue weighted by atomic mass is 11.6. The van der Waals surface area contributed by atoms with Crippen LogP contribution in [0.15, 0.2) is 0 Å². The fourth-order valence-electron chi connectivity index (χ4n) is 0. The molecule has 0 atom stereocenters. The summed E-state index contributed by atoms with van der Waals surface area (Å²) < 4.78 is 0. The summed E-state index contributed by atoms with van der Waals surface area (Å²) in [6, 6.07) is 0. The smallest absolute Gasteiger partial charge is 0.00929 e. The lowest BCUT2D eigenvalue weighted by Gasteiger charge is -1.60. The number of rotatable bonds is 0. The van der Waals surface area contributed by atoms with Crippen LogP contribution in [0, 0.1) is 0 Å². The van der Waals surface area contributed by atoms with Gasteiger partial charge in [0.25, 0.3) is 0 Å². The zero-order valence-electron chi connectivity index (χ0n) is 3.10. The van der Waals surface area contributed by atoms with Crippen LogP contribution in [0.4, 0.5) is 0 Å². The molecule has 0 heterocycles. The minimum absolute atomic E-state index is 1.43. The number of hydrogen-bond acceptors (Lipinski definition) is 4. The highest BCUT2D eigenvalue weighted by Gasteiger charge is 1.24. The highest BCUT2D eigenvalue weighted by Crippen LogP contribution is 0.957. The van der Waals surface area contributed by atoms with Crippen LogP contribution < -0.4 is 17.2 Å². The Morgan fingerprint density at radius 1 is 1.60 bits per heavy atom. The first kappa shape index (κ1) is 8.85. The molecule has 0 amide bonds. The van der Waals surface area contributed by atoms with Gasteiger partial charge in [0.15, 0.2) is 0 Å². The first-order valence-electron chi connectivity index (χ1n) is 1.06. The number of hydroxylamine groups is 1. The maximum absolute atomic E-state index is 7.32. The zero-order chi connectivity index (χ0) is 4.71. The Bertz CT molecular complexity index is 6.85. The second-order valence-electron chi connectivity index (χ2n) is 0.224. The Hall–Kier alpha value is -0.160. The molecule has 0 saturated heterocycles. The summed E-state index contributed by atoms with van der Waals surface area (Å²) >= 11 is 0. The molecule has 0 radical (unpaired) electrons. The van der Waals surface area contributed by atoms with Gasteiger partial charge >= 0.3 is 0 Å². The molecule has 0 unspecified atom stereocenters. The molecule has 0 aromatic rings. The molecule has 0 aromatic carbocycles. The molecular weight excluding hydrogens is 70.0 g/mol. The van der Waals surface area contributed by atoms with Gasteiger partial charge in [0, 0.05) is 7.05 Å². The summed E-state index contributed by atoms with van der Waals surface area (Å²) in [7, 11) is 1.43. The molecule has 0 spiro atoms. The molecule has 0 aliphatic rings. The molecule has 0 saturated carbocycles. The minimum Gasteiger partial charge on any atom is -0.317 e. The predicted molar refractivity (Wildman–Crippen MR) is 19.2 cm³/mol. The van der Waals surface area contributed by atoms with E-state index in [2.05, 4.69) is 11.7 Å². The fourth-order valence-corrected chi connectivity index (χ4v) is 0. The number of nitrogens with two attached hydrogens (primary N) is 2. The van der Waals surface area contributed by atoms with E-state index >= 15 is 0 Å². The van der Waals surface area contributed by atoms with E-state index in [9.17, 15) is 0 Å². The van der Waals surface area contributed by atoms with Crippen molar-refractivity contribution < 1.29 is 5.21 Å². The molecule has 0 rings (SSSR count). The van der Waals surface area contributed by atoms with Crippen molar-refractivity contribution in [3.8, 4) is 0 Å². The van der Waals surface area contributed by atoms with Crippen LogP contribution in [0.2, 0.25) is 0 Å². The summed E-state index contributed by atoms with van der Waals surface area (Å²) in [5.41, 5.74) is 1.75. The van der Waals surface area contributed by atoms with Crippen molar-refractivity contribution in [1.29, 1.82) is 0 Å². The van der Waals surface area contributed by atoms with Gasteiger partial charge < -0.3 is 5.21 Å². The Kier molecular flexibility index (Phi) is 77.7. The van der Waals surface area contributed by atoms with Gasteiger partial charge in [-0.3, -0.25) is 11.7 Å². The van der Waals surface area contributed by atoms with Gasteiger partial charge in [0.1, 0.15) is 0 Å². The summed E-state index contributed by atoms with van der Waals surface area (Å²) in [5, 5.41) is 7.32. The largest absolute Gasteiger partial charge is 0.317 e. The Morgan fingerprint density at radius 2 is 1.60 bits per heavy atom. The van der Waals surface area contributed by atoms with Crippen LogP contribution in [-0.2, 0) is 0 Å². The molecule has 0 bridgehead atoms. The highest BCUT2D eigenvalue weighted by molar-refractivity contribution is 3.65. The van der Waals surface area contributed by atoms with Crippen molar-refractivity contribution in [2.24, 2.45) is 11.7 Å². The molecule has 4 heteroatoms. The molecule has 0 aliphatic heterocycles. The quantitative estimate of drug-likeness (QED) is 0.208. The maximum atomic E-state index is 7.32. The summed E-state index contributed by atoms with van der Waals surface area (Å²) in [5.74, 6) is 8.00. The number of hydrazine groups is 1. The van der Waals surface area contributed by atoms with E-state index in [1.807, 2.05) is 0 Å². The predicted octanol–water partition coefficient (Wildman–Crippen LogP) is -1.59. The van der Waals surface area contributed by atoms with Gasteiger partial charge in [0.05, 0.1) is 0 Å². The van der Waals surface area contributed by atoms with Gasteiger partial charge in [-0.15, -0.1) is 0 Å². The van der Waals surface area contributed by atoms with Gasteiger partial charge in [-0.1, -0.05) is 0 Å². The van der Waals surface area contributed by atoms with Crippen molar-refractivity contribution in [3.05, 3.63) is 0 Å². The molecule has 5 heavy (non-hydrogen) atoms. The van der Waals surface area contributed by atoms with Crippen LogP contribution in [0.5, 0.6) is 0 Å². The van der Waals surface area contributed by atoms with Gasteiger partial charge in [-0.2, -0.15) is 0 Å². The van der Waals surface area contributed by atoms with Crippen LogP contribution in [0.1, 0.15) is 0 Å². The van der Waals surface area contributed by atoms with E-state index in [4.69, 9.17) is 5.21 Å². The van der Waals surface area contributed by atoms with E-state index in [1.54, 1.807) is 5.48 Å². The maximum Gasteiger partial charge on any atom is 0.00929 e. The van der Waals surface area contributed by atoms with Crippen LogP contribution in [0.3, 0.4) is 0 Å². The average Bonchev–Trinajstić information content (AvgIpc) is 1.46. The first-order valence-corrected chi connectivity index (χ1v) is 1.06. The van der Waals surface area contributed by atoms with E-state index in [0.29, 0.717) is 0 Å². The normalized spacial score (nSPS) is 4.80. The Balaban J connectivity index is 0. The fraction of sp³-hybridized carbons (Fsp3) is 1.00. The summed E-state index contributed by atoms with van der Waals surface area (Å²) in [4.78, 5) is 0. The van der Waals surface area contributed by atoms with Crippen molar-refractivity contribution in [1.82, 2.24) is 5.48 Å². The van der Waals surface area contributed by atoms with Gasteiger partial charge in [0.2, 0.25) is 0 Å². The first-order chi connectivity index (χ1) is 2.41. The van der Waals surface area contributed by atoms with E-state index < -0.39 is 0 Å². The standard InChI is InChI=1S/CH5NO.H4N2/c1-2-3;1-2/h2-3H,1H3;1-2H2. The van der Waals surface area contributed by atoms with Crippen molar-refractivity contribution in [2.75, 3.05) is 7.05 Å². The summed E-state index contributed by atoms with van der Waals surface area (Å²) in [6.07, 6.45) is 0. The molecule has 34 valence electrons. The average molecular weight is 79.1 g/mol. The third-order valence-corrected chi connectivity index (χ3v) is 0. The van der Waals surface area contributed by atoms with E-state index in [1.165, 1.54) is 7.05 Å². The van der Waals surface area contributed by atoms with Crippen LogP contribution in [-0.4, -0.2) is 12.3 Å².